The summed E-state index contributed by atoms with van der Waals surface area (Å²) in [5.41, 5.74) is 2.41. The van der Waals surface area contributed by atoms with Gasteiger partial charge in [-0.15, -0.1) is 0 Å². The van der Waals surface area contributed by atoms with Gasteiger partial charge in [0.2, 0.25) is 0 Å². The number of esters is 2. The van der Waals surface area contributed by atoms with Crippen molar-refractivity contribution in [3.8, 4) is 0 Å². The van der Waals surface area contributed by atoms with Crippen LogP contribution in [0.3, 0.4) is 0 Å². The van der Waals surface area contributed by atoms with Gasteiger partial charge in [0, 0.05) is 22.3 Å². The largest absolute Gasteiger partial charge is 0.458 e. The lowest BCUT2D eigenvalue weighted by molar-refractivity contribution is 0.0265. The first-order valence-electron chi connectivity index (χ1n) is 11.3. The third-order valence-electron chi connectivity index (χ3n) is 5.36. The van der Waals surface area contributed by atoms with Crippen molar-refractivity contribution in [3.63, 3.8) is 0 Å². The lowest BCUT2D eigenvalue weighted by Gasteiger charge is -2.08. The monoisotopic (exact) mass is 478 g/mol. The molecule has 0 saturated carbocycles. The molecule has 0 aliphatic rings. The van der Waals surface area contributed by atoms with Gasteiger partial charge in [-0.05, 0) is 24.3 Å². The first-order chi connectivity index (χ1) is 17.5. The van der Waals surface area contributed by atoms with Gasteiger partial charge in [-0.3, -0.25) is 9.59 Å². The topological polar surface area (TPSA) is 86.7 Å². The van der Waals surface area contributed by atoms with E-state index in [0.717, 1.165) is 0 Å². The van der Waals surface area contributed by atoms with Crippen LogP contribution < -0.4 is 0 Å². The molecule has 6 nitrogen and oxygen atoms in total. The Morgan fingerprint density at radius 3 is 1.36 bits per heavy atom. The lowest BCUT2D eigenvalue weighted by Crippen LogP contribution is -2.14. The van der Waals surface area contributed by atoms with Crippen molar-refractivity contribution < 1.29 is 28.7 Å². The number of rotatable bonds is 9. The summed E-state index contributed by atoms with van der Waals surface area (Å²) in [4.78, 5) is 49.7. The standard InChI is InChI=1S/C30H22O6/c31-27(21-8-3-1-4-9-21)23-14-16-24(17-15-23)29(33)35-18-19-36-30(34)26-13-7-12-25(20-26)28(32)22-10-5-2-6-11-22/h1-17,20H,18-19H2. The van der Waals surface area contributed by atoms with Crippen molar-refractivity contribution in [3.05, 3.63) is 143 Å². The highest BCUT2D eigenvalue weighted by atomic mass is 16.6. The molecule has 0 amide bonds. The number of benzene rings is 4. The van der Waals surface area contributed by atoms with Gasteiger partial charge in [0.05, 0.1) is 11.1 Å². The van der Waals surface area contributed by atoms with Crippen LogP contribution in [0.4, 0.5) is 0 Å². The highest BCUT2D eigenvalue weighted by Crippen LogP contribution is 2.14. The van der Waals surface area contributed by atoms with Crippen LogP contribution in [0.5, 0.6) is 0 Å². The van der Waals surface area contributed by atoms with Crippen molar-refractivity contribution in [2.24, 2.45) is 0 Å². The highest BCUT2D eigenvalue weighted by molar-refractivity contribution is 6.10. The van der Waals surface area contributed by atoms with Crippen LogP contribution in [0, 0.1) is 0 Å². The molecule has 0 unspecified atom stereocenters. The first-order valence-corrected chi connectivity index (χ1v) is 11.3. The molecule has 4 aromatic rings. The maximum atomic E-state index is 12.6. The van der Waals surface area contributed by atoms with E-state index in [4.69, 9.17) is 9.47 Å². The maximum absolute atomic E-state index is 12.6. The zero-order valence-electron chi connectivity index (χ0n) is 19.3. The minimum absolute atomic E-state index is 0.141. The van der Waals surface area contributed by atoms with E-state index in [2.05, 4.69) is 0 Å². The smallest absolute Gasteiger partial charge is 0.338 e. The summed E-state index contributed by atoms with van der Waals surface area (Å²) < 4.78 is 10.3. The quantitative estimate of drug-likeness (QED) is 0.188. The average Bonchev–Trinajstić information content (AvgIpc) is 2.95. The lowest BCUT2D eigenvalue weighted by atomic mass is 10.0. The van der Waals surface area contributed by atoms with Gasteiger partial charge in [0.1, 0.15) is 13.2 Å². The van der Waals surface area contributed by atoms with Crippen molar-refractivity contribution in [1.82, 2.24) is 0 Å². The number of carbonyl (C=O) groups is 4. The molecular formula is C30H22O6. The summed E-state index contributed by atoms with van der Waals surface area (Å²) in [6, 6.07) is 30.0. The molecule has 178 valence electrons. The summed E-state index contributed by atoms with van der Waals surface area (Å²) in [6.45, 7) is -0.288. The number of carbonyl (C=O) groups excluding carboxylic acids is 4. The molecule has 6 heteroatoms. The molecule has 0 radical (unpaired) electrons. The Bertz CT molecular complexity index is 1380. The van der Waals surface area contributed by atoms with Gasteiger partial charge in [-0.1, -0.05) is 84.9 Å². The van der Waals surface area contributed by atoms with Crippen LogP contribution in [-0.2, 0) is 9.47 Å². The Hall–Kier alpha value is -4.84. The molecule has 36 heavy (non-hydrogen) atoms. The second-order valence-corrected chi connectivity index (χ2v) is 7.82. The van der Waals surface area contributed by atoms with Crippen LogP contribution >= 0.6 is 0 Å². The van der Waals surface area contributed by atoms with Crippen LogP contribution in [0.2, 0.25) is 0 Å². The summed E-state index contributed by atoms with van der Waals surface area (Å²) in [7, 11) is 0. The van der Waals surface area contributed by atoms with E-state index in [9.17, 15) is 19.2 Å². The normalized spacial score (nSPS) is 10.3. The van der Waals surface area contributed by atoms with Gasteiger partial charge >= 0.3 is 11.9 Å². The fraction of sp³-hybridized carbons (Fsp3) is 0.0667. The zero-order chi connectivity index (χ0) is 25.3. The Balaban J connectivity index is 1.27. The van der Waals surface area contributed by atoms with Crippen molar-refractivity contribution in [2.45, 2.75) is 0 Å². The Kier molecular flexibility index (Phi) is 7.78. The molecule has 4 aromatic carbocycles. The van der Waals surface area contributed by atoms with Crippen LogP contribution in [0.1, 0.15) is 52.6 Å². The van der Waals surface area contributed by atoms with E-state index in [1.807, 2.05) is 12.1 Å². The summed E-state index contributed by atoms with van der Waals surface area (Å²) in [5.74, 6) is -1.56. The predicted molar refractivity (Wildman–Crippen MR) is 133 cm³/mol. The minimum atomic E-state index is -0.627. The van der Waals surface area contributed by atoms with Crippen molar-refractivity contribution in [1.29, 1.82) is 0 Å². The number of ketones is 2. The molecule has 0 aliphatic carbocycles. The Labute approximate surface area is 208 Å². The molecular weight excluding hydrogens is 456 g/mol. The zero-order valence-corrected chi connectivity index (χ0v) is 19.3. The van der Waals surface area contributed by atoms with Crippen LogP contribution in [0.25, 0.3) is 0 Å². The van der Waals surface area contributed by atoms with Gasteiger partial charge < -0.3 is 9.47 Å². The average molecular weight is 479 g/mol. The van der Waals surface area contributed by atoms with Crippen LogP contribution in [-0.4, -0.2) is 36.7 Å². The third kappa shape index (κ3) is 5.98. The van der Waals surface area contributed by atoms with Gasteiger partial charge in [-0.2, -0.15) is 0 Å². The van der Waals surface area contributed by atoms with E-state index in [1.165, 1.54) is 18.2 Å². The highest BCUT2D eigenvalue weighted by Gasteiger charge is 2.14. The maximum Gasteiger partial charge on any atom is 0.338 e. The SMILES string of the molecule is O=C(OCCOC(=O)c1cccc(C(=O)c2ccccc2)c1)c1ccc(C(=O)c2ccccc2)cc1. The second kappa shape index (κ2) is 11.5. The molecule has 0 aliphatic heterocycles. The third-order valence-corrected chi connectivity index (χ3v) is 5.36. The van der Waals surface area contributed by atoms with Gasteiger partial charge in [0.25, 0.3) is 0 Å². The molecule has 0 heterocycles. The predicted octanol–water partition coefficient (Wildman–Crippen LogP) is 5.16. The van der Waals surface area contributed by atoms with Crippen molar-refractivity contribution >= 4 is 23.5 Å². The van der Waals surface area contributed by atoms with E-state index >= 15 is 0 Å². The molecule has 0 fully saturated rings. The van der Waals surface area contributed by atoms with E-state index in [0.29, 0.717) is 22.3 Å². The van der Waals surface area contributed by atoms with E-state index in [-0.39, 0.29) is 35.9 Å². The molecule has 0 aromatic heterocycles. The molecule has 4 rings (SSSR count). The fourth-order valence-corrected chi connectivity index (χ4v) is 3.49. The molecule has 0 N–H and O–H groups in total. The van der Waals surface area contributed by atoms with Gasteiger partial charge in [-0.25, -0.2) is 9.59 Å². The number of hydrogen-bond acceptors (Lipinski definition) is 6. The minimum Gasteiger partial charge on any atom is -0.458 e. The van der Waals surface area contributed by atoms with Crippen molar-refractivity contribution in [2.75, 3.05) is 13.2 Å². The van der Waals surface area contributed by atoms with Crippen LogP contribution in [0.15, 0.2) is 109 Å². The number of hydrogen-bond donors (Lipinski definition) is 0. The first kappa shape index (κ1) is 24.3. The number of ether oxygens (including phenoxy) is 2. The molecule has 0 saturated heterocycles. The molecule has 0 atom stereocenters. The Morgan fingerprint density at radius 2 is 0.806 bits per heavy atom. The Morgan fingerprint density at radius 1 is 0.417 bits per heavy atom. The molecule has 0 bridgehead atoms. The summed E-state index contributed by atoms with van der Waals surface area (Å²) >= 11 is 0. The van der Waals surface area contributed by atoms with Gasteiger partial charge in [0.15, 0.2) is 11.6 Å². The summed E-state index contributed by atoms with van der Waals surface area (Å²) in [5, 5.41) is 0. The summed E-state index contributed by atoms with van der Waals surface area (Å²) in [6.07, 6.45) is 0. The fourth-order valence-electron chi connectivity index (χ4n) is 3.49. The second-order valence-electron chi connectivity index (χ2n) is 7.82. The molecule has 0 spiro atoms. The van der Waals surface area contributed by atoms with E-state index in [1.54, 1.807) is 78.9 Å². The van der Waals surface area contributed by atoms with E-state index < -0.39 is 11.9 Å².